The van der Waals surface area contributed by atoms with E-state index in [0.717, 1.165) is 0 Å². The van der Waals surface area contributed by atoms with Crippen LogP contribution in [0.1, 0.15) is 6.42 Å². The van der Waals surface area contributed by atoms with Crippen LogP contribution in [-0.4, -0.2) is 20.8 Å². The van der Waals surface area contributed by atoms with Gasteiger partial charge < -0.3 is 10.5 Å². The minimum absolute atomic E-state index is 0.0754. The standard InChI is InChI=1S/C15H17NO3S/c16-13-7-9-14(10-8-13)19-11-4-12-20(17,18)15-5-2-1-3-6-15/h1-3,5-10H,4,11-12,16H2. The minimum Gasteiger partial charge on any atom is -0.494 e. The van der Waals surface area contributed by atoms with E-state index >= 15 is 0 Å². The quantitative estimate of drug-likeness (QED) is 0.656. The molecular formula is C15H17NO3S. The molecule has 2 N–H and O–H groups in total. The summed E-state index contributed by atoms with van der Waals surface area (Å²) < 4.78 is 29.5. The Morgan fingerprint density at radius 3 is 2.25 bits per heavy atom. The van der Waals surface area contributed by atoms with Crippen molar-refractivity contribution in [2.45, 2.75) is 11.3 Å². The van der Waals surface area contributed by atoms with Crippen molar-refractivity contribution in [1.82, 2.24) is 0 Å². The maximum Gasteiger partial charge on any atom is 0.178 e. The van der Waals surface area contributed by atoms with E-state index in [4.69, 9.17) is 10.5 Å². The van der Waals surface area contributed by atoms with Gasteiger partial charge in [-0.1, -0.05) is 18.2 Å². The van der Waals surface area contributed by atoms with Crippen LogP contribution in [0.15, 0.2) is 59.5 Å². The number of ether oxygens (including phenoxy) is 1. The van der Waals surface area contributed by atoms with E-state index in [-0.39, 0.29) is 5.75 Å². The first-order valence-electron chi connectivity index (χ1n) is 6.34. The lowest BCUT2D eigenvalue weighted by Crippen LogP contribution is -2.10. The zero-order valence-corrected chi connectivity index (χ0v) is 11.8. The molecular weight excluding hydrogens is 274 g/mol. The fourth-order valence-electron chi connectivity index (χ4n) is 1.75. The van der Waals surface area contributed by atoms with Crippen LogP contribution in [0.25, 0.3) is 0 Å². The highest BCUT2D eigenvalue weighted by molar-refractivity contribution is 7.91. The number of hydrogen-bond acceptors (Lipinski definition) is 4. The van der Waals surface area contributed by atoms with Gasteiger partial charge in [-0.05, 0) is 42.8 Å². The summed E-state index contributed by atoms with van der Waals surface area (Å²) in [5.74, 6) is 0.766. The molecule has 0 bridgehead atoms. The van der Waals surface area contributed by atoms with Gasteiger partial charge in [-0.3, -0.25) is 0 Å². The fourth-order valence-corrected chi connectivity index (χ4v) is 3.05. The monoisotopic (exact) mass is 291 g/mol. The van der Waals surface area contributed by atoms with E-state index in [1.54, 1.807) is 54.6 Å². The summed E-state index contributed by atoms with van der Waals surface area (Å²) in [6, 6.07) is 15.5. The highest BCUT2D eigenvalue weighted by Crippen LogP contribution is 2.14. The van der Waals surface area contributed by atoms with E-state index in [2.05, 4.69) is 0 Å². The normalized spacial score (nSPS) is 11.2. The molecule has 106 valence electrons. The Bertz CT molecular complexity index is 637. The van der Waals surface area contributed by atoms with E-state index in [9.17, 15) is 8.42 Å². The molecule has 0 aliphatic carbocycles. The lowest BCUT2D eigenvalue weighted by molar-refractivity contribution is 0.317. The van der Waals surface area contributed by atoms with Crippen molar-refractivity contribution in [2.75, 3.05) is 18.1 Å². The SMILES string of the molecule is Nc1ccc(OCCCS(=O)(=O)c2ccccc2)cc1. The van der Waals surface area contributed by atoms with Crippen molar-refractivity contribution in [3.8, 4) is 5.75 Å². The molecule has 5 heteroatoms. The Morgan fingerprint density at radius 1 is 0.950 bits per heavy atom. The van der Waals surface area contributed by atoms with Gasteiger partial charge in [-0.15, -0.1) is 0 Å². The van der Waals surface area contributed by atoms with Gasteiger partial charge in [0.15, 0.2) is 9.84 Å². The van der Waals surface area contributed by atoms with E-state index in [1.165, 1.54) is 0 Å². The zero-order chi connectivity index (χ0) is 14.4. The lowest BCUT2D eigenvalue weighted by Gasteiger charge is -2.07. The lowest BCUT2D eigenvalue weighted by atomic mass is 10.3. The fraction of sp³-hybridized carbons (Fsp3) is 0.200. The maximum absolute atomic E-state index is 12.0. The number of sulfone groups is 1. The Hall–Kier alpha value is -2.01. The highest BCUT2D eigenvalue weighted by Gasteiger charge is 2.13. The summed E-state index contributed by atoms with van der Waals surface area (Å²) >= 11 is 0. The van der Waals surface area contributed by atoms with Crippen molar-refractivity contribution in [1.29, 1.82) is 0 Å². The molecule has 0 saturated heterocycles. The molecule has 0 saturated carbocycles. The van der Waals surface area contributed by atoms with Crippen LogP contribution >= 0.6 is 0 Å². The van der Waals surface area contributed by atoms with Gasteiger partial charge in [0.25, 0.3) is 0 Å². The third kappa shape index (κ3) is 3.99. The van der Waals surface area contributed by atoms with Gasteiger partial charge in [0.2, 0.25) is 0 Å². The van der Waals surface area contributed by atoms with Crippen LogP contribution < -0.4 is 10.5 Å². The average molecular weight is 291 g/mol. The van der Waals surface area contributed by atoms with Gasteiger partial charge in [0, 0.05) is 5.69 Å². The Morgan fingerprint density at radius 2 is 1.60 bits per heavy atom. The van der Waals surface area contributed by atoms with Crippen molar-refractivity contribution in [3.63, 3.8) is 0 Å². The molecule has 0 aliphatic heterocycles. The van der Waals surface area contributed by atoms with Crippen LogP contribution in [0.3, 0.4) is 0 Å². The third-order valence-electron chi connectivity index (χ3n) is 2.81. The second-order valence-corrected chi connectivity index (χ2v) is 6.51. The topological polar surface area (TPSA) is 69.4 Å². The van der Waals surface area contributed by atoms with Crippen molar-refractivity contribution in [3.05, 3.63) is 54.6 Å². The Labute approximate surface area is 119 Å². The molecule has 2 aromatic carbocycles. The number of anilines is 1. The van der Waals surface area contributed by atoms with Crippen LogP contribution in [0.2, 0.25) is 0 Å². The molecule has 2 aromatic rings. The first-order chi connectivity index (χ1) is 9.58. The van der Waals surface area contributed by atoms with Crippen molar-refractivity contribution < 1.29 is 13.2 Å². The molecule has 0 radical (unpaired) electrons. The number of hydrogen-bond donors (Lipinski definition) is 1. The number of nitrogens with two attached hydrogens (primary N) is 1. The maximum atomic E-state index is 12.0. The molecule has 2 rings (SSSR count). The Balaban J connectivity index is 1.83. The smallest absolute Gasteiger partial charge is 0.178 e. The predicted octanol–water partition coefficient (Wildman–Crippen LogP) is 2.51. The number of rotatable bonds is 6. The van der Waals surface area contributed by atoms with Crippen LogP contribution in [0, 0.1) is 0 Å². The predicted molar refractivity (Wildman–Crippen MR) is 79.5 cm³/mol. The van der Waals surface area contributed by atoms with Crippen molar-refractivity contribution >= 4 is 15.5 Å². The molecule has 0 aliphatic rings. The third-order valence-corrected chi connectivity index (χ3v) is 4.63. The van der Waals surface area contributed by atoms with Gasteiger partial charge in [-0.25, -0.2) is 8.42 Å². The van der Waals surface area contributed by atoms with E-state index < -0.39 is 9.84 Å². The summed E-state index contributed by atoms with van der Waals surface area (Å²) in [6.07, 6.45) is 0.446. The summed E-state index contributed by atoms with van der Waals surface area (Å²) in [7, 11) is -3.22. The molecule has 0 heterocycles. The molecule has 20 heavy (non-hydrogen) atoms. The summed E-state index contributed by atoms with van der Waals surface area (Å²) in [5, 5.41) is 0. The first kappa shape index (κ1) is 14.4. The highest BCUT2D eigenvalue weighted by atomic mass is 32.2. The number of benzene rings is 2. The molecule has 0 spiro atoms. The van der Waals surface area contributed by atoms with Gasteiger partial charge in [0.05, 0.1) is 17.3 Å². The molecule has 0 amide bonds. The summed E-state index contributed by atoms with van der Waals surface area (Å²) in [4.78, 5) is 0.354. The van der Waals surface area contributed by atoms with E-state index in [0.29, 0.717) is 29.4 Å². The second-order valence-electron chi connectivity index (χ2n) is 4.40. The minimum atomic E-state index is -3.22. The molecule has 0 unspecified atom stereocenters. The van der Waals surface area contributed by atoms with Gasteiger partial charge >= 0.3 is 0 Å². The molecule has 4 nitrogen and oxygen atoms in total. The average Bonchev–Trinajstić information content (AvgIpc) is 2.46. The van der Waals surface area contributed by atoms with E-state index in [1.807, 2.05) is 0 Å². The molecule has 0 atom stereocenters. The second kappa shape index (κ2) is 6.43. The summed E-state index contributed by atoms with van der Waals surface area (Å²) in [6.45, 7) is 0.357. The van der Waals surface area contributed by atoms with Crippen LogP contribution in [-0.2, 0) is 9.84 Å². The largest absolute Gasteiger partial charge is 0.494 e. The van der Waals surface area contributed by atoms with Gasteiger partial charge in [0.1, 0.15) is 5.75 Å². The Kier molecular flexibility index (Phi) is 4.63. The molecule has 0 fully saturated rings. The van der Waals surface area contributed by atoms with Crippen LogP contribution in [0.5, 0.6) is 5.75 Å². The van der Waals surface area contributed by atoms with Gasteiger partial charge in [-0.2, -0.15) is 0 Å². The number of nitrogen functional groups attached to an aromatic ring is 1. The summed E-state index contributed by atoms with van der Waals surface area (Å²) in [5.41, 5.74) is 6.24. The van der Waals surface area contributed by atoms with Crippen molar-refractivity contribution in [2.24, 2.45) is 0 Å². The zero-order valence-electron chi connectivity index (χ0n) is 11.0. The first-order valence-corrected chi connectivity index (χ1v) is 7.99. The molecule has 0 aromatic heterocycles. The van der Waals surface area contributed by atoms with Crippen LogP contribution in [0.4, 0.5) is 5.69 Å².